The Kier molecular flexibility index (Phi) is 5.09. The highest BCUT2D eigenvalue weighted by Gasteiger charge is 2.13. The van der Waals surface area contributed by atoms with Gasteiger partial charge in [0, 0.05) is 17.7 Å². The summed E-state index contributed by atoms with van der Waals surface area (Å²) in [6, 6.07) is 13.6. The van der Waals surface area contributed by atoms with Crippen molar-refractivity contribution in [3.63, 3.8) is 0 Å². The Hall–Kier alpha value is -3.15. The van der Waals surface area contributed by atoms with E-state index in [2.05, 4.69) is 5.32 Å². The van der Waals surface area contributed by atoms with E-state index in [1.165, 1.54) is 0 Å². The molecular weight excluding hydrogens is 294 g/mol. The molecule has 0 aliphatic heterocycles. The van der Waals surface area contributed by atoms with Crippen molar-refractivity contribution in [3.8, 4) is 0 Å². The molecule has 0 radical (unpaired) electrons. The smallest absolute Gasteiger partial charge is 0.303 e. The lowest BCUT2D eigenvalue weighted by Gasteiger charge is -2.10. The molecular formula is C17H17N3O3. The number of carbonyl (C=O) groups is 2. The first-order valence-electron chi connectivity index (χ1n) is 7.03. The molecule has 1 amide bonds. The van der Waals surface area contributed by atoms with Gasteiger partial charge in [0.25, 0.3) is 5.91 Å². The summed E-state index contributed by atoms with van der Waals surface area (Å²) in [4.78, 5) is 23.0. The minimum Gasteiger partial charge on any atom is -0.481 e. The second-order valence-electron chi connectivity index (χ2n) is 5.01. The van der Waals surface area contributed by atoms with Crippen LogP contribution in [0.1, 0.15) is 27.9 Å². The van der Waals surface area contributed by atoms with Crippen molar-refractivity contribution in [1.82, 2.24) is 0 Å². The molecule has 2 rings (SSSR count). The van der Waals surface area contributed by atoms with Crippen molar-refractivity contribution in [3.05, 3.63) is 65.2 Å². The molecule has 0 aromatic heterocycles. The molecule has 0 heterocycles. The summed E-state index contributed by atoms with van der Waals surface area (Å²) in [6.45, 7) is 0. The number of hydrogen-bond acceptors (Lipinski definition) is 3. The fourth-order valence-corrected chi connectivity index (χ4v) is 2.17. The Morgan fingerprint density at radius 3 is 2.43 bits per heavy atom. The molecule has 2 aromatic carbocycles. The zero-order valence-electron chi connectivity index (χ0n) is 12.4. The number of amidine groups is 1. The predicted octanol–water partition coefficient (Wildman–Crippen LogP) is 2.24. The van der Waals surface area contributed by atoms with E-state index in [1.807, 2.05) is 6.07 Å². The van der Waals surface area contributed by atoms with Gasteiger partial charge in [-0.25, -0.2) is 0 Å². The van der Waals surface area contributed by atoms with Gasteiger partial charge in [-0.3, -0.25) is 15.0 Å². The summed E-state index contributed by atoms with van der Waals surface area (Å²) in [5, 5.41) is 19.0. The minimum atomic E-state index is -0.866. The van der Waals surface area contributed by atoms with Gasteiger partial charge in [0.05, 0.1) is 5.56 Å². The van der Waals surface area contributed by atoms with Gasteiger partial charge in [-0.15, -0.1) is 0 Å². The van der Waals surface area contributed by atoms with Gasteiger partial charge in [0.15, 0.2) is 0 Å². The number of nitrogens with one attached hydrogen (secondary N) is 2. The number of amides is 1. The van der Waals surface area contributed by atoms with E-state index in [9.17, 15) is 9.59 Å². The second-order valence-corrected chi connectivity index (χ2v) is 5.01. The Morgan fingerprint density at radius 1 is 1.09 bits per heavy atom. The first-order valence-corrected chi connectivity index (χ1v) is 7.03. The highest BCUT2D eigenvalue weighted by molar-refractivity contribution is 6.12. The highest BCUT2D eigenvalue weighted by atomic mass is 16.4. The maximum atomic E-state index is 12.4. The van der Waals surface area contributed by atoms with Crippen molar-refractivity contribution in [2.75, 3.05) is 5.32 Å². The number of benzene rings is 2. The lowest BCUT2D eigenvalue weighted by molar-refractivity contribution is -0.136. The van der Waals surface area contributed by atoms with E-state index in [-0.39, 0.29) is 18.2 Å². The summed E-state index contributed by atoms with van der Waals surface area (Å²) < 4.78 is 0. The standard InChI is InChI=1S/C17H17N3O3/c18-16(19)13-6-1-2-7-14(13)17(23)20-12-5-3-4-11(10-12)8-9-15(21)22/h1-7,10H,8-9H2,(H3,18,19)(H,20,23)(H,21,22). The van der Waals surface area contributed by atoms with Crippen LogP contribution in [0.4, 0.5) is 5.69 Å². The van der Waals surface area contributed by atoms with E-state index in [4.69, 9.17) is 16.2 Å². The molecule has 0 unspecified atom stereocenters. The van der Waals surface area contributed by atoms with Gasteiger partial charge < -0.3 is 16.2 Å². The lowest BCUT2D eigenvalue weighted by Crippen LogP contribution is -2.20. The molecule has 118 valence electrons. The average Bonchev–Trinajstić information content (AvgIpc) is 2.53. The van der Waals surface area contributed by atoms with Crippen molar-refractivity contribution in [2.45, 2.75) is 12.8 Å². The topological polar surface area (TPSA) is 116 Å². The number of carboxylic acids is 1. The number of carboxylic acid groups (broad SMARTS) is 1. The van der Waals surface area contributed by atoms with E-state index in [1.54, 1.807) is 42.5 Å². The molecule has 2 aromatic rings. The van der Waals surface area contributed by atoms with Crippen molar-refractivity contribution in [2.24, 2.45) is 5.73 Å². The number of nitrogens with two attached hydrogens (primary N) is 1. The summed E-state index contributed by atoms with van der Waals surface area (Å²) in [5.74, 6) is -1.41. The van der Waals surface area contributed by atoms with Crippen molar-refractivity contribution >= 4 is 23.4 Å². The Bertz CT molecular complexity index is 756. The van der Waals surface area contributed by atoms with Crippen LogP contribution in [0.15, 0.2) is 48.5 Å². The van der Waals surface area contributed by atoms with E-state index >= 15 is 0 Å². The van der Waals surface area contributed by atoms with Crippen molar-refractivity contribution < 1.29 is 14.7 Å². The number of aliphatic carboxylic acids is 1. The largest absolute Gasteiger partial charge is 0.481 e. The third-order valence-electron chi connectivity index (χ3n) is 3.27. The molecule has 0 aliphatic carbocycles. The van der Waals surface area contributed by atoms with Gasteiger partial charge in [0.1, 0.15) is 5.84 Å². The Morgan fingerprint density at radius 2 is 1.78 bits per heavy atom. The zero-order chi connectivity index (χ0) is 16.8. The van der Waals surface area contributed by atoms with Gasteiger partial charge >= 0.3 is 5.97 Å². The zero-order valence-corrected chi connectivity index (χ0v) is 12.4. The number of rotatable bonds is 6. The molecule has 0 spiro atoms. The quantitative estimate of drug-likeness (QED) is 0.483. The van der Waals surface area contributed by atoms with E-state index < -0.39 is 5.97 Å². The van der Waals surface area contributed by atoms with Crippen LogP contribution in [0.2, 0.25) is 0 Å². The molecule has 0 saturated carbocycles. The molecule has 6 heteroatoms. The molecule has 0 bridgehead atoms. The fourth-order valence-electron chi connectivity index (χ4n) is 2.17. The normalized spacial score (nSPS) is 10.1. The highest BCUT2D eigenvalue weighted by Crippen LogP contribution is 2.15. The monoisotopic (exact) mass is 311 g/mol. The predicted molar refractivity (Wildman–Crippen MR) is 87.8 cm³/mol. The van der Waals surface area contributed by atoms with Crippen LogP contribution in [0.5, 0.6) is 0 Å². The van der Waals surface area contributed by atoms with Crippen LogP contribution in [0.25, 0.3) is 0 Å². The SMILES string of the molecule is N=C(N)c1ccccc1C(=O)Nc1cccc(CCC(=O)O)c1. The number of hydrogen-bond donors (Lipinski definition) is 4. The van der Waals surface area contributed by atoms with Gasteiger partial charge in [-0.2, -0.15) is 0 Å². The van der Waals surface area contributed by atoms with E-state index in [0.717, 1.165) is 5.56 Å². The third kappa shape index (κ3) is 4.41. The maximum Gasteiger partial charge on any atom is 0.303 e. The lowest BCUT2D eigenvalue weighted by atomic mass is 10.1. The molecule has 5 N–H and O–H groups in total. The average molecular weight is 311 g/mol. The van der Waals surface area contributed by atoms with Gasteiger partial charge in [-0.05, 0) is 30.2 Å². The number of aryl methyl sites for hydroxylation is 1. The maximum absolute atomic E-state index is 12.4. The fraction of sp³-hybridized carbons (Fsp3) is 0.118. The third-order valence-corrected chi connectivity index (χ3v) is 3.27. The molecule has 0 fully saturated rings. The van der Waals surface area contributed by atoms with Crippen molar-refractivity contribution in [1.29, 1.82) is 5.41 Å². The molecule has 23 heavy (non-hydrogen) atoms. The number of carbonyl (C=O) groups excluding carboxylic acids is 1. The van der Waals surface area contributed by atoms with Crippen LogP contribution >= 0.6 is 0 Å². The molecule has 6 nitrogen and oxygen atoms in total. The molecule has 0 atom stereocenters. The van der Waals surface area contributed by atoms with Gasteiger partial charge in [-0.1, -0.05) is 30.3 Å². The summed E-state index contributed by atoms with van der Waals surface area (Å²) in [6.07, 6.45) is 0.424. The van der Waals surface area contributed by atoms with Crippen LogP contribution in [0, 0.1) is 5.41 Å². The minimum absolute atomic E-state index is 0.0323. The first kappa shape index (κ1) is 16.2. The van der Waals surface area contributed by atoms with E-state index in [0.29, 0.717) is 23.2 Å². The van der Waals surface area contributed by atoms with Crippen LogP contribution in [0.3, 0.4) is 0 Å². The number of anilines is 1. The summed E-state index contributed by atoms with van der Waals surface area (Å²) in [5.41, 5.74) is 7.56. The summed E-state index contributed by atoms with van der Waals surface area (Å²) in [7, 11) is 0. The summed E-state index contributed by atoms with van der Waals surface area (Å²) >= 11 is 0. The Labute approximate surface area is 133 Å². The number of nitrogen functional groups attached to an aromatic ring is 1. The molecule has 0 saturated heterocycles. The Balaban J connectivity index is 2.16. The van der Waals surface area contributed by atoms with Crippen LogP contribution in [-0.4, -0.2) is 22.8 Å². The van der Waals surface area contributed by atoms with Crippen LogP contribution < -0.4 is 11.1 Å². The van der Waals surface area contributed by atoms with Crippen LogP contribution in [-0.2, 0) is 11.2 Å². The molecule has 0 aliphatic rings. The second kappa shape index (κ2) is 7.22. The van der Waals surface area contributed by atoms with Gasteiger partial charge in [0.2, 0.25) is 0 Å². The first-order chi connectivity index (χ1) is 11.0.